The van der Waals surface area contributed by atoms with Gasteiger partial charge in [-0.2, -0.15) is 8.42 Å². The van der Waals surface area contributed by atoms with Crippen LogP contribution < -0.4 is 15.9 Å². The van der Waals surface area contributed by atoms with Gasteiger partial charge in [0.15, 0.2) is 0 Å². The van der Waals surface area contributed by atoms with Crippen LogP contribution in [-0.2, 0) is 14.3 Å². The topological polar surface area (TPSA) is 43.4 Å². The van der Waals surface area contributed by atoms with Gasteiger partial charge in [0.1, 0.15) is 4.90 Å². The fraction of sp³-hybridized carbons (Fsp3) is 0.0323. The van der Waals surface area contributed by atoms with E-state index in [0.717, 1.165) is 38.2 Å². The lowest BCUT2D eigenvalue weighted by molar-refractivity contribution is 0.398. The van der Waals surface area contributed by atoms with Gasteiger partial charge in [-0.3, -0.25) is 4.18 Å². The Morgan fingerprint density at radius 2 is 0.889 bits per heavy atom. The molecule has 0 fully saturated rings. The summed E-state index contributed by atoms with van der Waals surface area (Å²) in [5.41, 5.74) is 4.34. The van der Waals surface area contributed by atoms with E-state index in [1.165, 1.54) is 7.11 Å². The molecule has 5 aromatic carbocycles. The maximum Gasteiger partial charge on any atom is 0.297 e. The van der Waals surface area contributed by atoms with Crippen molar-refractivity contribution in [2.75, 3.05) is 7.11 Å². The average Bonchev–Trinajstić information content (AvgIpc) is 2.95. The minimum atomic E-state index is -3.93. The zero-order valence-corrected chi connectivity index (χ0v) is 21.5. The number of hydrogen-bond acceptors (Lipinski definition) is 3. The van der Waals surface area contributed by atoms with Crippen molar-refractivity contribution in [2.24, 2.45) is 0 Å². The summed E-state index contributed by atoms with van der Waals surface area (Å²) in [7, 11) is -4.00. The molecule has 0 amide bonds. The minimum absolute atomic E-state index is 0.198. The molecule has 5 heteroatoms. The highest BCUT2D eigenvalue weighted by atomic mass is 32.2. The number of rotatable bonds is 7. The van der Waals surface area contributed by atoms with E-state index in [1.54, 1.807) is 12.1 Å². The summed E-state index contributed by atoms with van der Waals surface area (Å²) < 4.78 is 31.2. The molecule has 178 valence electrons. The predicted molar refractivity (Wildman–Crippen MR) is 150 cm³/mol. The maximum atomic E-state index is 13.1. The summed E-state index contributed by atoms with van der Waals surface area (Å²) in [6, 6.07) is 44.2. The highest BCUT2D eigenvalue weighted by Gasteiger charge is 2.29. The van der Waals surface area contributed by atoms with E-state index >= 15 is 0 Å². The summed E-state index contributed by atoms with van der Waals surface area (Å²) in [5.74, 6) is 0. The van der Waals surface area contributed by atoms with Crippen molar-refractivity contribution in [3.8, 4) is 22.3 Å². The van der Waals surface area contributed by atoms with Crippen LogP contribution in [0.15, 0.2) is 138 Å². The Bertz CT molecular complexity index is 1500. The lowest BCUT2D eigenvalue weighted by atomic mass is 10.1. The van der Waals surface area contributed by atoms with Gasteiger partial charge in [-0.15, -0.1) is 0 Å². The van der Waals surface area contributed by atoms with Crippen molar-refractivity contribution in [1.29, 1.82) is 0 Å². The van der Waals surface area contributed by atoms with E-state index in [1.807, 2.05) is 72.8 Å². The number of hydrogen-bond donors (Lipinski definition) is 0. The minimum Gasteiger partial charge on any atom is -0.270 e. The third-order valence-corrected chi connectivity index (χ3v) is 10.2. The van der Waals surface area contributed by atoms with Crippen LogP contribution in [0.4, 0.5) is 0 Å². The summed E-state index contributed by atoms with van der Waals surface area (Å²) in [6.07, 6.45) is 0. The molecule has 0 saturated heterocycles. The molecule has 0 aliphatic rings. The van der Waals surface area contributed by atoms with Crippen molar-refractivity contribution < 1.29 is 12.6 Å². The quantitative estimate of drug-likeness (QED) is 0.197. The largest absolute Gasteiger partial charge is 0.297 e. The van der Waals surface area contributed by atoms with E-state index in [4.69, 9.17) is 4.18 Å². The Labute approximate surface area is 213 Å². The van der Waals surface area contributed by atoms with Crippen molar-refractivity contribution in [2.45, 2.75) is 4.90 Å². The Hall–Kier alpha value is -3.56. The molecule has 0 N–H and O–H groups in total. The predicted octanol–water partition coefficient (Wildman–Crippen LogP) is 6.11. The average molecular weight is 509 g/mol. The molecule has 0 aliphatic carbocycles. The van der Waals surface area contributed by atoms with Crippen LogP contribution in [0.3, 0.4) is 0 Å². The van der Waals surface area contributed by atoms with E-state index in [2.05, 4.69) is 48.5 Å². The van der Waals surface area contributed by atoms with Crippen LogP contribution in [-0.4, -0.2) is 15.5 Å². The first kappa shape index (κ1) is 24.1. The molecule has 0 heterocycles. The molecular weight excluding hydrogens is 483 g/mol. The lowest BCUT2D eigenvalue weighted by Crippen LogP contribution is -2.27. The van der Waals surface area contributed by atoms with Gasteiger partial charge < -0.3 is 0 Å². The zero-order chi connectivity index (χ0) is 25.0. The number of benzene rings is 5. The molecule has 0 saturated carbocycles. The van der Waals surface area contributed by atoms with Crippen LogP contribution in [0, 0.1) is 0 Å². The zero-order valence-electron chi connectivity index (χ0n) is 19.8. The van der Waals surface area contributed by atoms with Crippen LogP contribution in [0.5, 0.6) is 0 Å². The molecule has 0 spiro atoms. The second-order valence-corrected chi connectivity index (χ2v) is 12.0. The Kier molecular flexibility index (Phi) is 7.11. The first-order valence-electron chi connectivity index (χ1n) is 11.6. The molecule has 0 radical (unpaired) electrons. The summed E-state index contributed by atoms with van der Waals surface area (Å²) in [4.78, 5) is 0.198. The van der Waals surface area contributed by atoms with Gasteiger partial charge in [0.05, 0.1) is 7.11 Å². The van der Waals surface area contributed by atoms with Crippen molar-refractivity contribution in [3.63, 3.8) is 0 Å². The van der Waals surface area contributed by atoms with Gasteiger partial charge in [-0.1, -0.05) is 127 Å². The standard InChI is InChI=1S/C31H25O3PS/c1-34-36(32,33)31-23-13-12-22-30(31)35(28-20-10-8-18-26(28)24-14-4-2-5-15-24)29-21-11-9-19-27(29)25-16-6-3-7-17-25/h2-23H,1H3. The summed E-state index contributed by atoms with van der Waals surface area (Å²) in [6.45, 7) is 0. The second kappa shape index (κ2) is 10.6. The lowest BCUT2D eigenvalue weighted by Gasteiger charge is -2.26. The first-order valence-corrected chi connectivity index (χ1v) is 14.3. The molecule has 0 bridgehead atoms. The van der Waals surface area contributed by atoms with Gasteiger partial charge in [-0.05, 0) is 46.9 Å². The van der Waals surface area contributed by atoms with Crippen LogP contribution >= 0.6 is 7.92 Å². The monoisotopic (exact) mass is 508 g/mol. The van der Waals surface area contributed by atoms with Crippen LogP contribution in [0.2, 0.25) is 0 Å². The Balaban J connectivity index is 1.85. The molecule has 0 atom stereocenters. The Morgan fingerprint density at radius 1 is 0.500 bits per heavy atom. The summed E-state index contributed by atoms with van der Waals surface area (Å²) in [5, 5.41) is 2.91. The molecule has 5 rings (SSSR count). The molecule has 0 aromatic heterocycles. The van der Waals surface area contributed by atoms with Gasteiger partial charge in [0.2, 0.25) is 0 Å². The van der Waals surface area contributed by atoms with Gasteiger partial charge in [-0.25, -0.2) is 0 Å². The Morgan fingerprint density at radius 3 is 1.36 bits per heavy atom. The van der Waals surface area contributed by atoms with Crippen molar-refractivity contribution >= 4 is 34.0 Å². The fourth-order valence-electron chi connectivity index (χ4n) is 4.39. The smallest absolute Gasteiger partial charge is 0.270 e. The van der Waals surface area contributed by atoms with E-state index in [9.17, 15) is 8.42 Å². The molecule has 0 unspecified atom stereocenters. The van der Waals surface area contributed by atoms with Gasteiger partial charge >= 0.3 is 0 Å². The van der Waals surface area contributed by atoms with E-state index < -0.39 is 18.0 Å². The maximum absolute atomic E-state index is 13.1. The van der Waals surface area contributed by atoms with Crippen LogP contribution in [0.25, 0.3) is 22.3 Å². The third-order valence-electron chi connectivity index (χ3n) is 6.05. The van der Waals surface area contributed by atoms with E-state index in [-0.39, 0.29) is 4.90 Å². The molecule has 36 heavy (non-hydrogen) atoms. The van der Waals surface area contributed by atoms with Crippen molar-refractivity contribution in [3.05, 3.63) is 133 Å². The normalized spacial score (nSPS) is 11.5. The molecule has 0 aliphatic heterocycles. The third kappa shape index (κ3) is 4.76. The fourth-order valence-corrected chi connectivity index (χ4v) is 8.42. The highest BCUT2D eigenvalue weighted by molar-refractivity contribution is 7.88. The van der Waals surface area contributed by atoms with Crippen LogP contribution in [0.1, 0.15) is 0 Å². The van der Waals surface area contributed by atoms with Gasteiger partial charge in [0.25, 0.3) is 10.1 Å². The second-order valence-electron chi connectivity index (χ2n) is 8.19. The molecular formula is C31H25O3PS. The van der Waals surface area contributed by atoms with Crippen molar-refractivity contribution in [1.82, 2.24) is 0 Å². The summed E-state index contributed by atoms with van der Waals surface area (Å²) >= 11 is 0. The molecule has 3 nitrogen and oxygen atoms in total. The highest BCUT2D eigenvalue weighted by Crippen LogP contribution is 2.42. The van der Waals surface area contributed by atoms with Gasteiger partial charge in [0, 0.05) is 5.30 Å². The SMILES string of the molecule is COS(=O)(=O)c1ccccc1P(c1ccccc1-c1ccccc1)c1ccccc1-c1ccccc1. The molecule has 5 aromatic rings. The first-order chi connectivity index (χ1) is 17.6. The van der Waals surface area contributed by atoms with E-state index in [0.29, 0.717) is 0 Å².